The lowest BCUT2D eigenvalue weighted by atomic mass is 10.2. The van der Waals surface area contributed by atoms with E-state index in [1.54, 1.807) is 6.92 Å². The summed E-state index contributed by atoms with van der Waals surface area (Å²) in [5.74, 6) is 1.20. The average molecular weight is 245 g/mol. The van der Waals surface area contributed by atoms with Gasteiger partial charge in [-0.05, 0) is 25.5 Å². The summed E-state index contributed by atoms with van der Waals surface area (Å²) < 4.78 is 6.88. The van der Waals surface area contributed by atoms with E-state index in [1.165, 1.54) is 0 Å². The molecule has 0 atom stereocenters. The van der Waals surface area contributed by atoms with Gasteiger partial charge in [-0.1, -0.05) is 5.16 Å². The molecular formula is C12H15N5O. The molecule has 0 amide bonds. The number of hydrogen-bond acceptors (Lipinski definition) is 5. The molecular weight excluding hydrogens is 230 g/mol. The third kappa shape index (κ3) is 2.41. The maximum atomic E-state index is 8.94. The van der Waals surface area contributed by atoms with Gasteiger partial charge in [0.1, 0.15) is 11.8 Å². The van der Waals surface area contributed by atoms with Crippen molar-refractivity contribution in [1.82, 2.24) is 20.0 Å². The summed E-state index contributed by atoms with van der Waals surface area (Å²) in [5.41, 5.74) is 2.85. The molecule has 2 aromatic heterocycles. The molecule has 0 aromatic carbocycles. The van der Waals surface area contributed by atoms with Gasteiger partial charge in [-0.2, -0.15) is 10.2 Å². The first kappa shape index (κ1) is 12.3. The zero-order chi connectivity index (χ0) is 13.1. The molecule has 0 unspecified atom stereocenters. The SMILES string of the molecule is Cc1noc(CNCc2cc(C#N)n(C)c2C)n1. The van der Waals surface area contributed by atoms with Gasteiger partial charge >= 0.3 is 0 Å². The molecule has 6 heteroatoms. The summed E-state index contributed by atoms with van der Waals surface area (Å²) in [6, 6.07) is 4.05. The van der Waals surface area contributed by atoms with E-state index in [2.05, 4.69) is 21.5 Å². The summed E-state index contributed by atoms with van der Waals surface area (Å²) in [6.07, 6.45) is 0. The lowest BCUT2D eigenvalue weighted by Crippen LogP contribution is -2.13. The topological polar surface area (TPSA) is 79.7 Å². The maximum Gasteiger partial charge on any atom is 0.240 e. The Bertz CT molecular complexity index is 590. The van der Waals surface area contributed by atoms with Gasteiger partial charge in [0, 0.05) is 19.3 Å². The molecule has 0 aliphatic heterocycles. The Morgan fingerprint density at radius 2 is 2.22 bits per heavy atom. The number of aromatic nitrogens is 3. The van der Waals surface area contributed by atoms with E-state index in [-0.39, 0.29) is 0 Å². The van der Waals surface area contributed by atoms with Crippen molar-refractivity contribution in [3.8, 4) is 6.07 Å². The van der Waals surface area contributed by atoms with Gasteiger partial charge in [0.2, 0.25) is 5.89 Å². The molecule has 6 nitrogen and oxygen atoms in total. The zero-order valence-electron chi connectivity index (χ0n) is 10.7. The van der Waals surface area contributed by atoms with Crippen molar-refractivity contribution in [2.24, 2.45) is 7.05 Å². The highest BCUT2D eigenvalue weighted by molar-refractivity contribution is 5.33. The molecule has 0 saturated carbocycles. The van der Waals surface area contributed by atoms with Crippen molar-refractivity contribution >= 4 is 0 Å². The Balaban J connectivity index is 1.97. The molecule has 0 aliphatic rings. The molecule has 2 heterocycles. The smallest absolute Gasteiger partial charge is 0.240 e. The second-order valence-electron chi connectivity index (χ2n) is 4.15. The number of nitrogens with zero attached hydrogens (tertiary/aromatic N) is 4. The molecule has 2 aromatic rings. The van der Waals surface area contributed by atoms with Crippen LogP contribution in [0.15, 0.2) is 10.6 Å². The molecule has 2 rings (SSSR count). The van der Waals surface area contributed by atoms with Gasteiger partial charge in [-0.15, -0.1) is 0 Å². The zero-order valence-corrected chi connectivity index (χ0v) is 10.7. The highest BCUT2D eigenvalue weighted by Gasteiger charge is 2.08. The fourth-order valence-electron chi connectivity index (χ4n) is 1.76. The van der Waals surface area contributed by atoms with Crippen LogP contribution in [0.1, 0.15) is 28.7 Å². The first-order valence-electron chi connectivity index (χ1n) is 5.67. The van der Waals surface area contributed by atoms with Gasteiger partial charge in [-0.3, -0.25) is 0 Å². The fourth-order valence-corrected chi connectivity index (χ4v) is 1.76. The van der Waals surface area contributed by atoms with Crippen molar-refractivity contribution in [3.63, 3.8) is 0 Å². The normalized spacial score (nSPS) is 10.6. The van der Waals surface area contributed by atoms with Crippen LogP contribution in [0.5, 0.6) is 0 Å². The summed E-state index contributed by atoms with van der Waals surface area (Å²) in [4.78, 5) is 4.11. The molecule has 0 bridgehead atoms. The number of hydrogen-bond donors (Lipinski definition) is 1. The van der Waals surface area contributed by atoms with Crippen molar-refractivity contribution < 1.29 is 4.52 Å². The van der Waals surface area contributed by atoms with E-state index in [0.29, 0.717) is 30.5 Å². The van der Waals surface area contributed by atoms with Crippen molar-refractivity contribution in [3.05, 3.63) is 34.7 Å². The molecule has 0 aliphatic carbocycles. The van der Waals surface area contributed by atoms with Crippen LogP contribution >= 0.6 is 0 Å². The van der Waals surface area contributed by atoms with Crippen molar-refractivity contribution in [2.45, 2.75) is 26.9 Å². The fraction of sp³-hybridized carbons (Fsp3) is 0.417. The third-order valence-electron chi connectivity index (χ3n) is 2.92. The van der Waals surface area contributed by atoms with Crippen LogP contribution in [0.2, 0.25) is 0 Å². The molecule has 0 fully saturated rings. The molecule has 1 N–H and O–H groups in total. The number of nitrogens with one attached hydrogen (secondary N) is 1. The largest absolute Gasteiger partial charge is 0.340 e. The third-order valence-corrected chi connectivity index (χ3v) is 2.92. The highest BCUT2D eigenvalue weighted by atomic mass is 16.5. The van der Waals surface area contributed by atoms with Gasteiger partial charge in [0.25, 0.3) is 0 Å². The number of nitriles is 1. The number of rotatable bonds is 4. The lowest BCUT2D eigenvalue weighted by molar-refractivity contribution is 0.364. The van der Waals surface area contributed by atoms with Crippen molar-refractivity contribution in [2.75, 3.05) is 0 Å². The average Bonchev–Trinajstić information content (AvgIpc) is 2.88. The second-order valence-corrected chi connectivity index (χ2v) is 4.15. The Morgan fingerprint density at radius 1 is 1.44 bits per heavy atom. The second kappa shape index (κ2) is 5.02. The molecule has 0 saturated heterocycles. The molecule has 0 radical (unpaired) electrons. The highest BCUT2D eigenvalue weighted by Crippen LogP contribution is 2.13. The van der Waals surface area contributed by atoms with E-state index in [4.69, 9.17) is 9.78 Å². The number of aryl methyl sites for hydroxylation is 1. The summed E-state index contributed by atoms with van der Waals surface area (Å²) in [7, 11) is 1.89. The van der Waals surface area contributed by atoms with Crippen LogP contribution in [0, 0.1) is 25.2 Å². The van der Waals surface area contributed by atoms with Crippen LogP contribution in [0.3, 0.4) is 0 Å². The standard InChI is InChI=1S/C12H15N5O/c1-8-10(4-11(5-13)17(8)3)6-14-7-12-15-9(2)16-18-12/h4,14H,6-7H2,1-3H3. The van der Waals surface area contributed by atoms with Crippen LogP contribution in [-0.2, 0) is 20.1 Å². The van der Waals surface area contributed by atoms with Gasteiger partial charge in [0.05, 0.1) is 6.54 Å². The molecule has 0 spiro atoms. The molecule has 94 valence electrons. The minimum absolute atomic E-state index is 0.525. The van der Waals surface area contributed by atoms with E-state index in [0.717, 1.165) is 11.3 Å². The summed E-state index contributed by atoms with van der Waals surface area (Å²) in [6.45, 7) is 4.97. The first-order chi connectivity index (χ1) is 8.61. The van der Waals surface area contributed by atoms with E-state index in [9.17, 15) is 0 Å². The minimum atomic E-state index is 0.525. The van der Waals surface area contributed by atoms with Crippen LogP contribution in [-0.4, -0.2) is 14.7 Å². The van der Waals surface area contributed by atoms with Crippen LogP contribution in [0.25, 0.3) is 0 Å². The summed E-state index contributed by atoms with van der Waals surface area (Å²) in [5, 5.41) is 15.9. The Kier molecular flexibility index (Phi) is 3.44. The minimum Gasteiger partial charge on any atom is -0.340 e. The van der Waals surface area contributed by atoms with E-state index >= 15 is 0 Å². The monoisotopic (exact) mass is 245 g/mol. The van der Waals surface area contributed by atoms with Crippen LogP contribution in [0.4, 0.5) is 0 Å². The van der Waals surface area contributed by atoms with E-state index in [1.807, 2.05) is 24.6 Å². The Labute approximate surface area is 105 Å². The van der Waals surface area contributed by atoms with Gasteiger partial charge < -0.3 is 14.4 Å². The predicted octanol–water partition coefficient (Wildman–Crippen LogP) is 1.19. The maximum absolute atomic E-state index is 8.94. The quantitative estimate of drug-likeness (QED) is 0.875. The first-order valence-corrected chi connectivity index (χ1v) is 5.67. The summed E-state index contributed by atoms with van der Waals surface area (Å²) >= 11 is 0. The van der Waals surface area contributed by atoms with E-state index < -0.39 is 0 Å². The Hall–Kier alpha value is -2.13. The van der Waals surface area contributed by atoms with Gasteiger partial charge in [0.15, 0.2) is 5.82 Å². The van der Waals surface area contributed by atoms with Gasteiger partial charge in [-0.25, -0.2) is 0 Å². The van der Waals surface area contributed by atoms with Crippen LogP contribution < -0.4 is 5.32 Å². The predicted molar refractivity (Wildman–Crippen MR) is 64.4 cm³/mol. The van der Waals surface area contributed by atoms with Crippen molar-refractivity contribution in [1.29, 1.82) is 5.26 Å². The lowest BCUT2D eigenvalue weighted by Gasteiger charge is -2.02. The molecule has 18 heavy (non-hydrogen) atoms. The Morgan fingerprint density at radius 3 is 2.78 bits per heavy atom.